The maximum Gasteiger partial charge on any atom is 0.155 e. The third-order valence-corrected chi connectivity index (χ3v) is 2.73. The van der Waals surface area contributed by atoms with Crippen molar-refractivity contribution in [2.45, 2.75) is 39.4 Å². The van der Waals surface area contributed by atoms with Gasteiger partial charge in [-0.05, 0) is 42.4 Å². The molecule has 0 spiro atoms. The summed E-state index contributed by atoms with van der Waals surface area (Å²) in [6, 6.07) is 5.84. The summed E-state index contributed by atoms with van der Waals surface area (Å²) < 4.78 is 5.52. The van der Waals surface area contributed by atoms with Gasteiger partial charge in [0.2, 0.25) is 0 Å². The Morgan fingerprint density at radius 3 is 2.41 bits per heavy atom. The van der Waals surface area contributed by atoms with E-state index in [-0.39, 0.29) is 11.2 Å². The molecular formula is C14H21BO2. The monoisotopic (exact) mass is 232 g/mol. The van der Waals surface area contributed by atoms with Gasteiger partial charge in [0, 0.05) is 5.56 Å². The summed E-state index contributed by atoms with van der Waals surface area (Å²) in [6.45, 7) is 8.98. The lowest BCUT2D eigenvalue weighted by atomic mass is 9.84. The number of ether oxygens (including phenoxy) is 1. The van der Waals surface area contributed by atoms with Crippen LogP contribution < -0.4 is 4.74 Å². The van der Waals surface area contributed by atoms with E-state index >= 15 is 0 Å². The van der Waals surface area contributed by atoms with E-state index in [2.05, 4.69) is 20.8 Å². The summed E-state index contributed by atoms with van der Waals surface area (Å²) in [5.74, 6) is 0.953. The third-order valence-electron chi connectivity index (χ3n) is 2.73. The van der Waals surface area contributed by atoms with Crippen LogP contribution in [0.5, 0.6) is 5.75 Å². The van der Waals surface area contributed by atoms with Gasteiger partial charge >= 0.3 is 0 Å². The van der Waals surface area contributed by atoms with Crippen LogP contribution in [0, 0.1) is 0 Å². The molecule has 0 heterocycles. The molecule has 1 aromatic carbocycles. The largest absolute Gasteiger partial charge is 0.494 e. The fourth-order valence-corrected chi connectivity index (χ4v) is 1.65. The topological polar surface area (TPSA) is 26.3 Å². The van der Waals surface area contributed by atoms with Crippen molar-refractivity contribution in [1.82, 2.24) is 0 Å². The predicted octanol–water partition coefficient (Wildman–Crippen LogP) is 2.62. The first-order valence-electron chi connectivity index (χ1n) is 6.20. The molecule has 0 atom stereocenters. The summed E-state index contributed by atoms with van der Waals surface area (Å²) in [7, 11) is 1.88. The van der Waals surface area contributed by atoms with E-state index in [0.29, 0.717) is 12.9 Å². The van der Waals surface area contributed by atoms with Crippen molar-refractivity contribution in [3.8, 4) is 5.75 Å². The Balaban J connectivity index is 3.23. The number of carbonyl (C=O) groups is 1. The lowest BCUT2D eigenvalue weighted by Gasteiger charge is -2.21. The second kappa shape index (κ2) is 5.39. The Kier molecular flexibility index (Phi) is 4.38. The number of carbonyl (C=O) groups excluding carboxylic acids is 1. The Hall–Kier alpha value is -1.25. The number of Topliss-reactive ketones (excluding diaryl/α,β-unsaturated/α-hetero) is 1. The molecule has 0 aliphatic rings. The fraction of sp³-hybridized carbons (Fsp3) is 0.500. The van der Waals surface area contributed by atoms with Crippen molar-refractivity contribution in [3.63, 3.8) is 0 Å². The number of hydrogen-bond donors (Lipinski definition) is 0. The van der Waals surface area contributed by atoms with Gasteiger partial charge in [-0.25, -0.2) is 0 Å². The first-order valence-corrected chi connectivity index (χ1v) is 6.20. The smallest absolute Gasteiger partial charge is 0.155 e. The van der Waals surface area contributed by atoms with Gasteiger partial charge in [0.1, 0.15) is 13.6 Å². The zero-order valence-electron chi connectivity index (χ0n) is 11.5. The molecular weight excluding hydrogens is 211 g/mol. The van der Waals surface area contributed by atoms with Gasteiger partial charge in [-0.2, -0.15) is 0 Å². The van der Waals surface area contributed by atoms with Gasteiger partial charge in [-0.1, -0.05) is 20.8 Å². The first-order chi connectivity index (χ1) is 7.88. The molecule has 1 rings (SSSR count). The minimum Gasteiger partial charge on any atom is -0.494 e. The standard InChI is InChI=1S/C14H21BO2/c1-5-17-12-7-10(13(16)9-15)6-11(8-12)14(2,3)4/h6-8H,5,9,15H2,1-4H3. The van der Waals surface area contributed by atoms with Crippen LogP contribution in [0.25, 0.3) is 0 Å². The summed E-state index contributed by atoms with van der Waals surface area (Å²) in [5.41, 5.74) is 1.92. The van der Waals surface area contributed by atoms with Crippen LogP contribution in [-0.4, -0.2) is 20.2 Å². The maximum absolute atomic E-state index is 11.8. The SMILES string of the molecule is BCC(=O)c1cc(OCC)cc(C(C)(C)C)c1. The van der Waals surface area contributed by atoms with Crippen LogP contribution in [0.2, 0.25) is 6.32 Å². The van der Waals surface area contributed by atoms with E-state index < -0.39 is 0 Å². The van der Waals surface area contributed by atoms with Crippen molar-refractivity contribution in [1.29, 1.82) is 0 Å². The van der Waals surface area contributed by atoms with Gasteiger partial charge in [0.05, 0.1) is 6.61 Å². The molecule has 92 valence electrons. The van der Waals surface area contributed by atoms with E-state index in [4.69, 9.17) is 4.74 Å². The Morgan fingerprint density at radius 2 is 1.94 bits per heavy atom. The molecule has 0 saturated heterocycles. The highest BCUT2D eigenvalue weighted by Gasteiger charge is 2.17. The molecule has 0 bridgehead atoms. The van der Waals surface area contributed by atoms with E-state index in [1.54, 1.807) is 0 Å². The van der Waals surface area contributed by atoms with Crippen LogP contribution in [0.3, 0.4) is 0 Å². The van der Waals surface area contributed by atoms with Crippen LogP contribution in [-0.2, 0) is 5.41 Å². The first kappa shape index (κ1) is 13.8. The minimum atomic E-state index is 0.0237. The molecule has 0 aromatic heterocycles. The fourth-order valence-electron chi connectivity index (χ4n) is 1.65. The average molecular weight is 232 g/mol. The van der Waals surface area contributed by atoms with E-state index in [1.807, 2.05) is 33.0 Å². The summed E-state index contributed by atoms with van der Waals surface area (Å²) in [4.78, 5) is 11.8. The van der Waals surface area contributed by atoms with Gasteiger partial charge < -0.3 is 4.74 Å². The Morgan fingerprint density at radius 1 is 1.29 bits per heavy atom. The van der Waals surface area contributed by atoms with E-state index in [0.717, 1.165) is 16.9 Å². The van der Waals surface area contributed by atoms with Crippen molar-refractivity contribution in [2.24, 2.45) is 0 Å². The third kappa shape index (κ3) is 3.62. The molecule has 0 radical (unpaired) electrons. The minimum absolute atomic E-state index is 0.0237. The van der Waals surface area contributed by atoms with Crippen LogP contribution in [0.15, 0.2) is 18.2 Å². The van der Waals surface area contributed by atoms with Crippen LogP contribution in [0.4, 0.5) is 0 Å². The summed E-state index contributed by atoms with van der Waals surface area (Å²) in [6.07, 6.45) is 0.527. The van der Waals surface area contributed by atoms with Gasteiger partial charge in [0.25, 0.3) is 0 Å². The van der Waals surface area contributed by atoms with Crippen molar-refractivity contribution >= 4 is 13.6 Å². The molecule has 0 amide bonds. The molecule has 0 fully saturated rings. The molecule has 0 aliphatic carbocycles. The number of rotatable bonds is 4. The highest BCUT2D eigenvalue weighted by Crippen LogP contribution is 2.28. The Labute approximate surface area is 105 Å². The predicted molar refractivity (Wildman–Crippen MR) is 74.0 cm³/mol. The van der Waals surface area contributed by atoms with Gasteiger partial charge in [-0.3, -0.25) is 4.79 Å². The van der Waals surface area contributed by atoms with Crippen molar-refractivity contribution < 1.29 is 9.53 Å². The second-order valence-corrected chi connectivity index (χ2v) is 5.21. The molecule has 17 heavy (non-hydrogen) atoms. The number of benzene rings is 1. The van der Waals surface area contributed by atoms with E-state index in [9.17, 15) is 4.79 Å². The average Bonchev–Trinajstić information content (AvgIpc) is 2.27. The molecule has 0 aliphatic heterocycles. The lowest BCUT2D eigenvalue weighted by molar-refractivity contribution is 0.101. The number of hydrogen-bond acceptors (Lipinski definition) is 2. The quantitative estimate of drug-likeness (QED) is 0.589. The van der Waals surface area contributed by atoms with Crippen LogP contribution in [0.1, 0.15) is 43.6 Å². The summed E-state index contributed by atoms with van der Waals surface area (Å²) in [5, 5.41) is 0. The molecule has 0 N–H and O–H groups in total. The maximum atomic E-state index is 11.8. The molecule has 1 aromatic rings. The Bertz CT molecular complexity index is 405. The highest BCUT2D eigenvalue weighted by atomic mass is 16.5. The summed E-state index contributed by atoms with van der Waals surface area (Å²) >= 11 is 0. The molecule has 3 heteroatoms. The van der Waals surface area contributed by atoms with Gasteiger partial charge in [0.15, 0.2) is 5.78 Å². The lowest BCUT2D eigenvalue weighted by Crippen LogP contribution is -2.13. The van der Waals surface area contributed by atoms with Crippen molar-refractivity contribution in [2.75, 3.05) is 6.61 Å². The molecule has 0 unspecified atom stereocenters. The zero-order chi connectivity index (χ0) is 13.1. The zero-order valence-corrected chi connectivity index (χ0v) is 11.5. The molecule has 2 nitrogen and oxygen atoms in total. The molecule has 0 saturated carbocycles. The van der Waals surface area contributed by atoms with E-state index in [1.165, 1.54) is 0 Å². The number of ketones is 1. The van der Waals surface area contributed by atoms with Crippen LogP contribution >= 0.6 is 0 Å². The van der Waals surface area contributed by atoms with Crippen molar-refractivity contribution in [3.05, 3.63) is 29.3 Å². The van der Waals surface area contributed by atoms with Gasteiger partial charge in [-0.15, -0.1) is 0 Å². The highest BCUT2D eigenvalue weighted by molar-refractivity contribution is 6.24. The normalized spacial score (nSPS) is 11.3. The second-order valence-electron chi connectivity index (χ2n) is 5.21.